The summed E-state index contributed by atoms with van der Waals surface area (Å²) in [6.07, 6.45) is 5.26. The van der Waals surface area contributed by atoms with E-state index in [0.29, 0.717) is 16.8 Å². The molecule has 21 heavy (non-hydrogen) atoms. The second-order valence-corrected chi connectivity index (χ2v) is 4.56. The molecule has 6 heteroatoms. The highest BCUT2D eigenvalue weighted by Crippen LogP contribution is 2.13. The minimum absolute atomic E-state index is 0.198. The fraction of sp³-hybridized carbons (Fsp3) is 0.200. The SMILES string of the molecule is C#Cc1cc(=O)n(-c2nc(C)c(C#N)cc2C)c(=O)n1C. The van der Waals surface area contributed by atoms with Crippen LogP contribution in [-0.2, 0) is 7.05 Å². The quantitative estimate of drug-likeness (QED) is 0.708. The predicted octanol–water partition coefficient (Wildman–Crippen LogP) is 0.401. The first-order valence-corrected chi connectivity index (χ1v) is 6.09. The maximum Gasteiger partial charge on any atom is 0.337 e. The van der Waals surface area contributed by atoms with Gasteiger partial charge in [0.05, 0.1) is 11.3 Å². The van der Waals surface area contributed by atoms with E-state index in [1.165, 1.54) is 17.7 Å². The highest BCUT2D eigenvalue weighted by Gasteiger charge is 2.14. The number of pyridine rings is 1. The zero-order chi connectivity index (χ0) is 15.7. The Labute approximate surface area is 120 Å². The first-order chi connectivity index (χ1) is 9.90. The Bertz CT molecular complexity index is 936. The van der Waals surface area contributed by atoms with Crippen LogP contribution < -0.4 is 11.2 Å². The van der Waals surface area contributed by atoms with Crippen molar-refractivity contribution in [1.82, 2.24) is 14.1 Å². The normalized spacial score (nSPS) is 9.95. The van der Waals surface area contributed by atoms with Crippen molar-refractivity contribution in [2.24, 2.45) is 7.05 Å². The second-order valence-electron chi connectivity index (χ2n) is 4.56. The lowest BCUT2D eigenvalue weighted by molar-refractivity contribution is 0.715. The van der Waals surface area contributed by atoms with Crippen molar-refractivity contribution in [3.63, 3.8) is 0 Å². The van der Waals surface area contributed by atoms with Gasteiger partial charge in [0.25, 0.3) is 5.56 Å². The third-order valence-corrected chi connectivity index (χ3v) is 3.18. The zero-order valence-corrected chi connectivity index (χ0v) is 11.8. The number of aromatic nitrogens is 3. The maximum atomic E-state index is 12.3. The van der Waals surface area contributed by atoms with Gasteiger partial charge in [-0.15, -0.1) is 6.42 Å². The van der Waals surface area contributed by atoms with Gasteiger partial charge in [-0.1, -0.05) is 5.92 Å². The Hall–Kier alpha value is -3.12. The molecule has 0 aliphatic rings. The third-order valence-electron chi connectivity index (χ3n) is 3.18. The Morgan fingerprint density at radius 3 is 2.52 bits per heavy atom. The summed E-state index contributed by atoms with van der Waals surface area (Å²) in [5, 5.41) is 8.98. The number of hydrogen-bond donors (Lipinski definition) is 0. The van der Waals surface area contributed by atoms with E-state index in [1.54, 1.807) is 19.9 Å². The van der Waals surface area contributed by atoms with Crippen molar-refractivity contribution < 1.29 is 0 Å². The topological polar surface area (TPSA) is 80.7 Å². The summed E-state index contributed by atoms with van der Waals surface area (Å²) in [5.41, 5.74) is 0.490. The van der Waals surface area contributed by atoms with Crippen LogP contribution in [-0.4, -0.2) is 14.1 Å². The van der Waals surface area contributed by atoms with Gasteiger partial charge in [0.15, 0.2) is 0 Å². The molecule has 2 aromatic rings. The van der Waals surface area contributed by atoms with Crippen LogP contribution >= 0.6 is 0 Å². The molecule has 104 valence electrons. The van der Waals surface area contributed by atoms with Crippen LogP contribution in [0, 0.1) is 37.5 Å². The summed E-state index contributed by atoms with van der Waals surface area (Å²) in [6.45, 7) is 3.33. The van der Waals surface area contributed by atoms with Crippen LogP contribution in [0.2, 0.25) is 0 Å². The Morgan fingerprint density at radius 1 is 1.29 bits per heavy atom. The number of hydrogen-bond acceptors (Lipinski definition) is 4. The molecule has 0 N–H and O–H groups in total. The minimum atomic E-state index is -0.574. The standard InChI is InChI=1S/C15H12N4O2/c1-5-12-7-13(20)19(15(21)18(12)4)14-9(2)6-11(8-16)10(3)17-14/h1,6-7H,2-4H3. The number of aryl methyl sites for hydroxylation is 2. The summed E-state index contributed by atoms with van der Waals surface area (Å²) in [4.78, 5) is 28.7. The first-order valence-electron chi connectivity index (χ1n) is 6.09. The van der Waals surface area contributed by atoms with Crippen LogP contribution in [0.5, 0.6) is 0 Å². The molecule has 6 nitrogen and oxygen atoms in total. The van der Waals surface area contributed by atoms with Crippen molar-refractivity contribution in [3.8, 4) is 24.2 Å². The minimum Gasteiger partial charge on any atom is -0.289 e. The lowest BCUT2D eigenvalue weighted by atomic mass is 10.1. The smallest absolute Gasteiger partial charge is 0.289 e. The van der Waals surface area contributed by atoms with Crippen molar-refractivity contribution in [3.05, 3.63) is 55.5 Å². The molecular formula is C15H12N4O2. The maximum absolute atomic E-state index is 12.3. The number of nitriles is 1. The summed E-state index contributed by atoms with van der Waals surface area (Å²) in [6, 6.07) is 4.81. The van der Waals surface area contributed by atoms with Gasteiger partial charge >= 0.3 is 5.69 Å². The molecule has 2 aromatic heterocycles. The molecule has 0 radical (unpaired) electrons. The number of rotatable bonds is 1. The van der Waals surface area contributed by atoms with Gasteiger partial charge in [0.2, 0.25) is 0 Å². The van der Waals surface area contributed by atoms with E-state index >= 15 is 0 Å². The molecule has 0 aliphatic heterocycles. The fourth-order valence-electron chi connectivity index (χ4n) is 1.99. The van der Waals surface area contributed by atoms with E-state index in [4.69, 9.17) is 11.7 Å². The lowest BCUT2D eigenvalue weighted by Gasteiger charge is -2.11. The number of terminal acetylenes is 1. The van der Waals surface area contributed by atoms with Crippen LogP contribution in [0.15, 0.2) is 21.7 Å². The van der Waals surface area contributed by atoms with Crippen molar-refractivity contribution >= 4 is 0 Å². The molecule has 2 heterocycles. The molecule has 0 unspecified atom stereocenters. The molecule has 0 saturated carbocycles. The van der Waals surface area contributed by atoms with Gasteiger partial charge in [0, 0.05) is 13.1 Å². The fourth-order valence-corrected chi connectivity index (χ4v) is 1.99. The van der Waals surface area contributed by atoms with E-state index in [1.807, 2.05) is 6.07 Å². The summed E-state index contributed by atoms with van der Waals surface area (Å²) < 4.78 is 2.15. The van der Waals surface area contributed by atoms with Gasteiger partial charge in [-0.2, -0.15) is 5.26 Å². The molecule has 0 aliphatic carbocycles. The highest BCUT2D eigenvalue weighted by atomic mass is 16.2. The summed E-state index contributed by atoms with van der Waals surface area (Å²) in [7, 11) is 1.49. The molecule has 2 rings (SSSR count). The molecule has 0 fully saturated rings. The third kappa shape index (κ3) is 2.24. The van der Waals surface area contributed by atoms with E-state index in [2.05, 4.69) is 10.9 Å². The Morgan fingerprint density at radius 2 is 1.95 bits per heavy atom. The molecule has 0 saturated heterocycles. The largest absolute Gasteiger partial charge is 0.337 e. The van der Waals surface area contributed by atoms with E-state index in [-0.39, 0.29) is 11.5 Å². The molecule has 0 atom stereocenters. The van der Waals surface area contributed by atoms with E-state index in [9.17, 15) is 9.59 Å². The molecule has 0 aromatic carbocycles. The Balaban J connectivity index is 2.88. The average Bonchev–Trinajstić information content (AvgIpc) is 2.46. The van der Waals surface area contributed by atoms with E-state index < -0.39 is 11.2 Å². The van der Waals surface area contributed by atoms with Gasteiger partial charge in [-0.25, -0.2) is 14.3 Å². The predicted molar refractivity (Wildman–Crippen MR) is 77.2 cm³/mol. The summed E-state index contributed by atoms with van der Waals surface area (Å²) in [5.74, 6) is 2.49. The lowest BCUT2D eigenvalue weighted by Crippen LogP contribution is -2.39. The molecule has 0 bridgehead atoms. The zero-order valence-electron chi connectivity index (χ0n) is 11.8. The number of nitrogens with zero attached hydrogens (tertiary/aromatic N) is 4. The first kappa shape index (κ1) is 14.3. The molecule has 0 spiro atoms. The molecular weight excluding hydrogens is 268 g/mol. The monoisotopic (exact) mass is 280 g/mol. The van der Waals surface area contributed by atoms with E-state index in [0.717, 1.165) is 4.57 Å². The van der Waals surface area contributed by atoms with Gasteiger partial charge in [-0.05, 0) is 25.5 Å². The Kier molecular flexibility index (Phi) is 3.47. The average molecular weight is 280 g/mol. The van der Waals surface area contributed by atoms with Crippen LogP contribution in [0.25, 0.3) is 5.82 Å². The van der Waals surface area contributed by atoms with Gasteiger partial charge in [-0.3, -0.25) is 9.36 Å². The van der Waals surface area contributed by atoms with Crippen molar-refractivity contribution in [2.75, 3.05) is 0 Å². The van der Waals surface area contributed by atoms with Gasteiger partial charge in [0.1, 0.15) is 17.6 Å². The van der Waals surface area contributed by atoms with Gasteiger partial charge < -0.3 is 0 Å². The van der Waals surface area contributed by atoms with Crippen molar-refractivity contribution in [2.45, 2.75) is 13.8 Å². The van der Waals surface area contributed by atoms with Crippen LogP contribution in [0.4, 0.5) is 0 Å². The molecule has 0 amide bonds. The van der Waals surface area contributed by atoms with Crippen molar-refractivity contribution in [1.29, 1.82) is 5.26 Å². The second kappa shape index (κ2) is 5.10. The van der Waals surface area contributed by atoms with Crippen LogP contribution in [0.3, 0.4) is 0 Å². The van der Waals surface area contributed by atoms with Crippen LogP contribution in [0.1, 0.15) is 22.5 Å². The summed E-state index contributed by atoms with van der Waals surface area (Å²) >= 11 is 0. The highest BCUT2D eigenvalue weighted by molar-refractivity contribution is 5.43.